The van der Waals surface area contributed by atoms with Crippen LogP contribution < -0.4 is 5.32 Å². The van der Waals surface area contributed by atoms with Crippen molar-refractivity contribution in [2.75, 3.05) is 5.32 Å². The number of anilines is 2. The van der Waals surface area contributed by atoms with E-state index < -0.39 is 0 Å². The smallest absolute Gasteiger partial charge is 0.125 e. The lowest BCUT2D eigenvalue weighted by molar-refractivity contribution is 0.628. The molecule has 0 heterocycles. The summed E-state index contributed by atoms with van der Waals surface area (Å²) in [6.45, 7) is 1.92. The Balaban J connectivity index is 2.31. The first kappa shape index (κ1) is 11.0. The molecule has 82 valence electrons. The Kier molecular flexibility index (Phi) is 3.11. The molecule has 0 aliphatic carbocycles. The molecule has 0 atom stereocenters. The first-order chi connectivity index (χ1) is 7.66. The Morgan fingerprint density at radius 2 is 1.88 bits per heavy atom. The summed E-state index contributed by atoms with van der Waals surface area (Å²) in [5.41, 5.74) is 2.55. The molecule has 3 heteroatoms. The second-order valence-corrected chi connectivity index (χ2v) is 3.95. The first-order valence-corrected chi connectivity index (χ1v) is 5.32. The van der Waals surface area contributed by atoms with Crippen molar-refractivity contribution in [1.29, 1.82) is 0 Å². The summed E-state index contributed by atoms with van der Waals surface area (Å²) >= 11 is 6.00. The fourth-order valence-electron chi connectivity index (χ4n) is 1.46. The minimum Gasteiger partial charge on any atom is -0.355 e. The van der Waals surface area contributed by atoms with E-state index in [1.54, 1.807) is 6.07 Å². The van der Waals surface area contributed by atoms with Crippen molar-refractivity contribution < 1.29 is 4.39 Å². The van der Waals surface area contributed by atoms with Crippen LogP contribution in [0, 0.1) is 12.7 Å². The minimum absolute atomic E-state index is 0.260. The third-order valence-electron chi connectivity index (χ3n) is 2.37. The lowest BCUT2D eigenvalue weighted by Crippen LogP contribution is -1.93. The maximum atomic E-state index is 13.0. The molecule has 0 saturated carbocycles. The van der Waals surface area contributed by atoms with E-state index in [0.717, 1.165) is 11.3 Å². The quantitative estimate of drug-likeness (QED) is 0.806. The lowest BCUT2D eigenvalue weighted by atomic mass is 10.2. The zero-order valence-corrected chi connectivity index (χ0v) is 9.55. The molecular formula is C13H11ClFN. The fraction of sp³-hybridized carbons (Fsp3) is 0.0769. The third-order valence-corrected chi connectivity index (χ3v) is 2.78. The van der Waals surface area contributed by atoms with Crippen LogP contribution in [0.5, 0.6) is 0 Å². The van der Waals surface area contributed by atoms with Crippen LogP contribution in [0.1, 0.15) is 5.56 Å². The van der Waals surface area contributed by atoms with E-state index in [0.29, 0.717) is 10.7 Å². The van der Waals surface area contributed by atoms with Gasteiger partial charge in [0.25, 0.3) is 0 Å². The zero-order chi connectivity index (χ0) is 11.5. The van der Waals surface area contributed by atoms with Gasteiger partial charge >= 0.3 is 0 Å². The van der Waals surface area contributed by atoms with E-state index in [2.05, 4.69) is 5.32 Å². The van der Waals surface area contributed by atoms with Crippen LogP contribution in [0.4, 0.5) is 15.8 Å². The van der Waals surface area contributed by atoms with Crippen LogP contribution >= 0.6 is 11.6 Å². The minimum atomic E-state index is -0.260. The maximum Gasteiger partial charge on any atom is 0.125 e. The molecule has 1 N–H and O–H groups in total. The fourth-order valence-corrected chi connectivity index (χ4v) is 1.64. The van der Waals surface area contributed by atoms with Crippen molar-refractivity contribution in [2.45, 2.75) is 6.92 Å². The normalized spacial score (nSPS) is 10.2. The van der Waals surface area contributed by atoms with Gasteiger partial charge in [-0.3, -0.25) is 0 Å². The molecule has 2 aromatic carbocycles. The van der Waals surface area contributed by atoms with Gasteiger partial charge in [0.05, 0.1) is 0 Å². The molecule has 0 unspecified atom stereocenters. The van der Waals surface area contributed by atoms with Gasteiger partial charge in [0.15, 0.2) is 0 Å². The molecule has 2 rings (SSSR count). The van der Waals surface area contributed by atoms with Gasteiger partial charge in [0, 0.05) is 16.4 Å². The Labute approximate surface area is 98.9 Å². The van der Waals surface area contributed by atoms with Crippen LogP contribution in [0.2, 0.25) is 5.02 Å². The van der Waals surface area contributed by atoms with Gasteiger partial charge in [-0.15, -0.1) is 0 Å². The van der Waals surface area contributed by atoms with E-state index in [-0.39, 0.29) is 5.82 Å². The number of hydrogen-bond donors (Lipinski definition) is 1. The predicted octanol–water partition coefficient (Wildman–Crippen LogP) is 4.53. The number of nitrogens with one attached hydrogen (secondary N) is 1. The molecule has 16 heavy (non-hydrogen) atoms. The molecule has 0 amide bonds. The standard InChI is InChI=1S/C13H11ClFN/c1-9-12(14)6-3-7-13(9)16-11-5-2-4-10(15)8-11/h2-8,16H,1H3. The summed E-state index contributed by atoms with van der Waals surface area (Å²) in [5, 5.41) is 3.83. The van der Waals surface area contributed by atoms with Gasteiger partial charge in [-0.25, -0.2) is 4.39 Å². The average Bonchev–Trinajstić information content (AvgIpc) is 2.25. The summed E-state index contributed by atoms with van der Waals surface area (Å²) in [6.07, 6.45) is 0. The highest BCUT2D eigenvalue weighted by Crippen LogP contribution is 2.26. The second kappa shape index (κ2) is 4.54. The average molecular weight is 236 g/mol. The topological polar surface area (TPSA) is 12.0 Å². The molecule has 0 spiro atoms. The number of hydrogen-bond acceptors (Lipinski definition) is 1. The van der Waals surface area contributed by atoms with Crippen molar-refractivity contribution in [1.82, 2.24) is 0 Å². The molecular weight excluding hydrogens is 225 g/mol. The lowest BCUT2D eigenvalue weighted by Gasteiger charge is -2.10. The third kappa shape index (κ3) is 2.34. The molecule has 0 aliphatic heterocycles. The molecule has 0 saturated heterocycles. The van der Waals surface area contributed by atoms with E-state index >= 15 is 0 Å². The summed E-state index contributed by atoms with van der Waals surface area (Å²) in [4.78, 5) is 0. The summed E-state index contributed by atoms with van der Waals surface area (Å²) in [6, 6.07) is 11.9. The predicted molar refractivity (Wildman–Crippen MR) is 65.9 cm³/mol. The molecule has 0 bridgehead atoms. The summed E-state index contributed by atoms with van der Waals surface area (Å²) < 4.78 is 13.0. The number of halogens is 2. The molecule has 0 aromatic heterocycles. The van der Waals surface area contributed by atoms with Crippen molar-refractivity contribution in [3.05, 3.63) is 58.9 Å². The van der Waals surface area contributed by atoms with Gasteiger partial charge in [0.2, 0.25) is 0 Å². The van der Waals surface area contributed by atoms with E-state index in [9.17, 15) is 4.39 Å². The Bertz CT molecular complexity index is 511. The van der Waals surface area contributed by atoms with Crippen LogP contribution in [-0.2, 0) is 0 Å². The van der Waals surface area contributed by atoms with Gasteiger partial charge in [0.1, 0.15) is 5.82 Å². The first-order valence-electron chi connectivity index (χ1n) is 4.94. The van der Waals surface area contributed by atoms with Gasteiger partial charge < -0.3 is 5.32 Å². The zero-order valence-electron chi connectivity index (χ0n) is 8.80. The second-order valence-electron chi connectivity index (χ2n) is 3.55. The SMILES string of the molecule is Cc1c(Cl)cccc1Nc1cccc(F)c1. The van der Waals surface area contributed by atoms with E-state index in [1.165, 1.54) is 12.1 Å². The van der Waals surface area contributed by atoms with Crippen molar-refractivity contribution in [2.24, 2.45) is 0 Å². The highest BCUT2D eigenvalue weighted by Gasteiger charge is 2.02. The van der Waals surface area contributed by atoms with Crippen molar-refractivity contribution in [3.8, 4) is 0 Å². The van der Waals surface area contributed by atoms with E-state index in [4.69, 9.17) is 11.6 Å². The molecule has 0 aliphatic rings. The van der Waals surface area contributed by atoms with E-state index in [1.807, 2.05) is 31.2 Å². The largest absolute Gasteiger partial charge is 0.355 e. The Morgan fingerprint density at radius 1 is 1.12 bits per heavy atom. The van der Waals surface area contributed by atoms with Gasteiger partial charge in [-0.05, 0) is 42.8 Å². The highest BCUT2D eigenvalue weighted by atomic mass is 35.5. The summed E-state index contributed by atoms with van der Waals surface area (Å²) in [7, 11) is 0. The van der Waals surface area contributed by atoms with Crippen LogP contribution in [0.25, 0.3) is 0 Å². The Morgan fingerprint density at radius 3 is 2.62 bits per heavy atom. The van der Waals surface area contributed by atoms with Gasteiger partial charge in [-0.2, -0.15) is 0 Å². The number of benzene rings is 2. The van der Waals surface area contributed by atoms with Crippen LogP contribution in [-0.4, -0.2) is 0 Å². The van der Waals surface area contributed by atoms with Crippen molar-refractivity contribution >= 4 is 23.0 Å². The van der Waals surface area contributed by atoms with Gasteiger partial charge in [-0.1, -0.05) is 23.7 Å². The van der Waals surface area contributed by atoms with Crippen LogP contribution in [0.15, 0.2) is 42.5 Å². The molecule has 0 fully saturated rings. The Hall–Kier alpha value is -1.54. The monoisotopic (exact) mass is 235 g/mol. The maximum absolute atomic E-state index is 13.0. The number of rotatable bonds is 2. The molecule has 0 radical (unpaired) electrons. The van der Waals surface area contributed by atoms with Crippen LogP contribution in [0.3, 0.4) is 0 Å². The van der Waals surface area contributed by atoms with Crippen molar-refractivity contribution in [3.63, 3.8) is 0 Å². The summed E-state index contributed by atoms with van der Waals surface area (Å²) in [5.74, 6) is -0.260. The molecule has 2 aromatic rings. The highest BCUT2D eigenvalue weighted by molar-refractivity contribution is 6.31. The molecule has 1 nitrogen and oxygen atoms in total.